The highest BCUT2D eigenvalue weighted by Gasteiger charge is 2.13. The van der Waals surface area contributed by atoms with E-state index in [2.05, 4.69) is 10.6 Å². The predicted molar refractivity (Wildman–Crippen MR) is 112 cm³/mol. The number of anilines is 2. The quantitative estimate of drug-likeness (QED) is 0.744. The summed E-state index contributed by atoms with van der Waals surface area (Å²) < 4.78 is 0. The van der Waals surface area contributed by atoms with E-state index in [-0.39, 0.29) is 24.9 Å². The molecule has 2 amide bonds. The minimum atomic E-state index is -0.258. The third-order valence-corrected chi connectivity index (χ3v) is 4.35. The maximum absolute atomic E-state index is 12.3. The lowest BCUT2D eigenvalue weighted by Gasteiger charge is -2.18. The molecule has 2 aromatic rings. The second kappa shape index (κ2) is 9.22. The van der Waals surface area contributed by atoms with E-state index in [1.165, 1.54) is 0 Å². The molecule has 144 valence electrons. The van der Waals surface area contributed by atoms with Gasteiger partial charge in [-0.2, -0.15) is 0 Å². The van der Waals surface area contributed by atoms with Crippen molar-refractivity contribution in [3.8, 4) is 0 Å². The summed E-state index contributed by atoms with van der Waals surface area (Å²) in [5, 5.41) is 6.53. The standard InChI is InChI=1S/C20H23Cl2N3O2/c1-12-5-13(2)20(14(3)6-12)24-19(27)11-25(4)10-18(26)23-17-8-15(21)7-16(22)9-17/h5-9H,10-11H2,1-4H3,(H,23,26)(H,24,27). The zero-order valence-electron chi connectivity index (χ0n) is 15.8. The lowest BCUT2D eigenvalue weighted by Crippen LogP contribution is -2.36. The predicted octanol–water partition coefficient (Wildman–Crippen LogP) is 4.43. The Labute approximate surface area is 169 Å². The molecule has 0 spiro atoms. The van der Waals surface area contributed by atoms with Gasteiger partial charge >= 0.3 is 0 Å². The van der Waals surface area contributed by atoms with Gasteiger partial charge in [0.15, 0.2) is 0 Å². The molecule has 2 N–H and O–H groups in total. The van der Waals surface area contributed by atoms with Gasteiger partial charge in [0, 0.05) is 21.4 Å². The van der Waals surface area contributed by atoms with Crippen molar-refractivity contribution in [2.45, 2.75) is 20.8 Å². The van der Waals surface area contributed by atoms with E-state index in [1.807, 2.05) is 32.9 Å². The molecular formula is C20H23Cl2N3O2. The average molecular weight is 408 g/mol. The second-order valence-corrected chi connectivity index (χ2v) is 7.57. The van der Waals surface area contributed by atoms with Crippen molar-refractivity contribution >= 4 is 46.4 Å². The number of benzene rings is 2. The molecule has 0 aliphatic rings. The molecule has 0 saturated carbocycles. The number of hydrogen-bond donors (Lipinski definition) is 2. The molecule has 0 atom stereocenters. The van der Waals surface area contributed by atoms with Crippen LogP contribution in [0.15, 0.2) is 30.3 Å². The van der Waals surface area contributed by atoms with Crippen molar-refractivity contribution in [2.75, 3.05) is 30.8 Å². The molecule has 7 heteroatoms. The van der Waals surface area contributed by atoms with Crippen LogP contribution in [0.2, 0.25) is 10.0 Å². The van der Waals surface area contributed by atoms with Crippen LogP contribution >= 0.6 is 23.2 Å². The Morgan fingerprint density at radius 3 is 1.85 bits per heavy atom. The molecule has 5 nitrogen and oxygen atoms in total. The van der Waals surface area contributed by atoms with E-state index in [0.717, 1.165) is 22.4 Å². The van der Waals surface area contributed by atoms with Crippen molar-refractivity contribution in [2.24, 2.45) is 0 Å². The van der Waals surface area contributed by atoms with Crippen LogP contribution in [-0.4, -0.2) is 36.9 Å². The van der Waals surface area contributed by atoms with Crippen molar-refractivity contribution in [1.82, 2.24) is 4.90 Å². The minimum Gasteiger partial charge on any atom is -0.325 e. The van der Waals surface area contributed by atoms with Gasteiger partial charge in [-0.15, -0.1) is 0 Å². The van der Waals surface area contributed by atoms with Gasteiger partial charge in [-0.1, -0.05) is 40.9 Å². The van der Waals surface area contributed by atoms with E-state index >= 15 is 0 Å². The Morgan fingerprint density at radius 2 is 1.33 bits per heavy atom. The summed E-state index contributed by atoms with van der Waals surface area (Å²) in [5.41, 5.74) is 4.51. The summed E-state index contributed by atoms with van der Waals surface area (Å²) in [6.07, 6.45) is 0. The number of hydrogen-bond acceptors (Lipinski definition) is 3. The first-order valence-corrected chi connectivity index (χ1v) is 9.22. The molecule has 0 aliphatic heterocycles. The maximum Gasteiger partial charge on any atom is 0.238 e. The molecule has 2 rings (SSSR count). The van der Waals surface area contributed by atoms with Crippen LogP contribution in [0, 0.1) is 20.8 Å². The first-order valence-electron chi connectivity index (χ1n) is 8.46. The molecular weight excluding hydrogens is 385 g/mol. The molecule has 27 heavy (non-hydrogen) atoms. The van der Waals surface area contributed by atoms with Crippen LogP contribution in [0.4, 0.5) is 11.4 Å². The summed E-state index contributed by atoms with van der Waals surface area (Å²) in [7, 11) is 1.71. The molecule has 0 aliphatic carbocycles. The Balaban J connectivity index is 1.90. The average Bonchev–Trinajstić information content (AvgIpc) is 2.49. The lowest BCUT2D eigenvalue weighted by molar-refractivity contribution is -0.119. The fourth-order valence-electron chi connectivity index (χ4n) is 2.93. The number of nitrogens with zero attached hydrogens (tertiary/aromatic N) is 1. The van der Waals surface area contributed by atoms with E-state index in [9.17, 15) is 9.59 Å². The Kier molecular flexibility index (Phi) is 7.25. The van der Waals surface area contributed by atoms with E-state index < -0.39 is 0 Å². The van der Waals surface area contributed by atoms with Crippen LogP contribution in [-0.2, 0) is 9.59 Å². The second-order valence-electron chi connectivity index (χ2n) is 6.70. The number of likely N-dealkylation sites (N-methyl/N-ethyl adjacent to an activating group) is 1. The summed E-state index contributed by atoms with van der Waals surface area (Å²) in [5.74, 6) is -0.433. The van der Waals surface area contributed by atoms with Gasteiger partial charge in [-0.3, -0.25) is 14.5 Å². The normalized spacial score (nSPS) is 10.8. The maximum atomic E-state index is 12.3. The highest BCUT2D eigenvalue weighted by Crippen LogP contribution is 2.23. The zero-order valence-corrected chi connectivity index (χ0v) is 17.3. The Hall–Kier alpha value is -2.08. The largest absolute Gasteiger partial charge is 0.325 e. The van der Waals surface area contributed by atoms with Gasteiger partial charge in [0.2, 0.25) is 11.8 Å². The molecule has 0 radical (unpaired) electrons. The first-order chi connectivity index (χ1) is 12.6. The third kappa shape index (κ3) is 6.54. The van der Waals surface area contributed by atoms with Crippen LogP contribution in [0.25, 0.3) is 0 Å². The van der Waals surface area contributed by atoms with Crippen molar-refractivity contribution < 1.29 is 9.59 Å². The number of nitrogens with one attached hydrogen (secondary N) is 2. The van der Waals surface area contributed by atoms with Gasteiger partial charge in [-0.25, -0.2) is 0 Å². The highest BCUT2D eigenvalue weighted by molar-refractivity contribution is 6.35. The van der Waals surface area contributed by atoms with Crippen molar-refractivity contribution in [3.05, 3.63) is 57.1 Å². The number of rotatable bonds is 6. The Morgan fingerprint density at radius 1 is 0.852 bits per heavy atom. The van der Waals surface area contributed by atoms with Crippen LogP contribution < -0.4 is 10.6 Å². The fraction of sp³-hybridized carbons (Fsp3) is 0.300. The van der Waals surface area contributed by atoms with Crippen LogP contribution in [0.3, 0.4) is 0 Å². The van der Waals surface area contributed by atoms with Gasteiger partial charge in [0.1, 0.15) is 0 Å². The van der Waals surface area contributed by atoms with Gasteiger partial charge in [0.05, 0.1) is 13.1 Å². The van der Waals surface area contributed by atoms with Gasteiger partial charge < -0.3 is 10.6 Å². The number of amides is 2. The molecule has 2 aromatic carbocycles. The smallest absolute Gasteiger partial charge is 0.238 e. The zero-order chi connectivity index (χ0) is 20.1. The molecule has 0 fully saturated rings. The van der Waals surface area contributed by atoms with E-state index in [4.69, 9.17) is 23.2 Å². The molecule has 0 saturated heterocycles. The van der Waals surface area contributed by atoms with E-state index in [1.54, 1.807) is 30.1 Å². The number of carbonyl (C=O) groups is 2. The monoisotopic (exact) mass is 407 g/mol. The van der Waals surface area contributed by atoms with Gasteiger partial charge in [0.25, 0.3) is 0 Å². The molecule has 0 aromatic heterocycles. The van der Waals surface area contributed by atoms with Gasteiger partial charge in [-0.05, 0) is 57.1 Å². The molecule has 0 heterocycles. The summed E-state index contributed by atoms with van der Waals surface area (Å²) in [6.45, 7) is 6.09. The first kappa shape index (κ1) is 21.2. The fourth-order valence-corrected chi connectivity index (χ4v) is 3.45. The van der Waals surface area contributed by atoms with Crippen LogP contribution in [0.5, 0.6) is 0 Å². The SMILES string of the molecule is Cc1cc(C)c(NC(=O)CN(C)CC(=O)Nc2cc(Cl)cc(Cl)c2)c(C)c1. The summed E-state index contributed by atoms with van der Waals surface area (Å²) in [4.78, 5) is 26.1. The van der Waals surface area contributed by atoms with Crippen molar-refractivity contribution in [1.29, 1.82) is 0 Å². The van der Waals surface area contributed by atoms with Crippen LogP contribution in [0.1, 0.15) is 16.7 Å². The molecule has 0 unspecified atom stereocenters. The topological polar surface area (TPSA) is 61.4 Å². The van der Waals surface area contributed by atoms with E-state index in [0.29, 0.717) is 15.7 Å². The lowest BCUT2D eigenvalue weighted by atomic mass is 10.1. The van der Waals surface area contributed by atoms with Crippen molar-refractivity contribution in [3.63, 3.8) is 0 Å². The summed E-state index contributed by atoms with van der Waals surface area (Å²) >= 11 is 11.8. The number of carbonyl (C=O) groups excluding carboxylic acids is 2. The third-order valence-electron chi connectivity index (χ3n) is 3.91. The minimum absolute atomic E-state index is 0.0589. The number of halogens is 2. The number of aryl methyl sites for hydroxylation is 3. The Bertz CT molecular complexity index is 825. The summed E-state index contributed by atoms with van der Waals surface area (Å²) in [6, 6.07) is 8.86. The highest BCUT2D eigenvalue weighted by atomic mass is 35.5. The molecule has 0 bridgehead atoms.